The standard InChI is InChI=1S/C19H23N3O5S2/c1-4-28-17-18-21(8-20(17)5-6-23)7-11(29-18)12-9(2)14-13(10(3)24)16(25)22(14)15(12)19(26)27/h7-10,13-14,23-24H,4-6H2,1-3H3/p+1/t9-,10+,13+,14+/m0/s1. The molecule has 156 valence electrons. The molecule has 3 N–H and O–H groups in total. The maximum absolute atomic E-state index is 12.5. The lowest BCUT2D eigenvalue weighted by Gasteiger charge is -2.46. The smallest absolute Gasteiger partial charge is 0.352 e. The van der Waals surface area contributed by atoms with Crippen LogP contribution in [0, 0.1) is 11.8 Å². The Balaban J connectivity index is 1.82. The Labute approximate surface area is 176 Å². The van der Waals surface area contributed by atoms with Crippen molar-refractivity contribution in [2.75, 3.05) is 12.4 Å². The molecule has 0 radical (unpaired) electrons. The van der Waals surface area contributed by atoms with Gasteiger partial charge in [-0.25, -0.2) is 9.36 Å². The van der Waals surface area contributed by atoms with Crippen LogP contribution in [0.5, 0.6) is 0 Å². The minimum absolute atomic E-state index is 0.0295. The summed E-state index contributed by atoms with van der Waals surface area (Å²) in [6, 6.07) is -0.325. The Hall–Kier alpha value is -1.88. The van der Waals surface area contributed by atoms with Crippen molar-refractivity contribution in [3.05, 3.63) is 23.1 Å². The summed E-state index contributed by atoms with van der Waals surface area (Å²) in [6.07, 6.45) is 2.99. The summed E-state index contributed by atoms with van der Waals surface area (Å²) in [5, 5.41) is 30.2. The number of rotatable bonds is 7. The third kappa shape index (κ3) is 2.92. The van der Waals surface area contributed by atoms with E-state index in [-0.39, 0.29) is 30.2 Å². The molecule has 2 aliphatic rings. The van der Waals surface area contributed by atoms with E-state index >= 15 is 0 Å². The summed E-state index contributed by atoms with van der Waals surface area (Å²) in [5.41, 5.74) is 0.677. The molecule has 1 fully saturated rings. The number of aliphatic hydroxyl groups is 2. The van der Waals surface area contributed by atoms with Gasteiger partial charge >= 0.3 is 5.97 Å². The number of hydrogen-bond donors (Lipinski definition) is 3. The van der Waals surface area contributed by atoms with Crippen molar-refractivity contribution in [2.45, 2.75) is 44.5 Å². The first-order valence-corrected chi connectivity index (χ1v) is 11.4. The molecule has 4 rings (SSSR count). The highest BCUT2D eigenvalue weighted by molar-refractivity contribution is 7.99. The minimum atomic E-state index is -1.12. The van der Waals surface area contributed by atoms with Crippen molar-refractivity contribution in [1.29, 1.82) is 0 Å². The first-order valence-electron chi connectivity index (χ1n) is 9.58. The Kier molecular flexibility index (Phi) is 5.22. The van der Waals surface area contributed by atoms with E-state index < -0.39 is 18.0 Å². The quantitative estimate of drug-likeness (QED) is 0.339. The van der Waals surface area contributed by atoms with E-state index in [0.29, 0.717) is 12.1 Å². The Morgan fingerprint density at radius 1 is 1.45 bits per heavy atom. The molecule has 1 saturated heterocycles. The van der Waals surface area contributed by atoms with Gasteiger partial charge in [0.1, 0.15) is 18.4 Å². The number of nitrogens with zero attached hydrogens (tertiary/aromatic N) is 3. The molecule has 8 nitrogen and oxygen atoms in total. The number of hydrogen-bond acceptors (Lipinski definition) is 6. The van der Waals surface area contributed by atoms with Gasteiger partial charge in [-0.05, 0) is 12.7 Å². The second-order valence-corrected chi connectivity index (χ2v) is 9.68. The number of amides is 1. The van der Waals surface area contributed by atoms with Crippen LogP contribution in [0.4, 0.5) is 0 Å². The molecule has 0 aliphatic carbocycles. The fourth-order valence-corrected chi connectivity index (χ4v) is 6.78. The average Bonchev–Trinajstić information content (AvgIpc) is 3.25. The third-order valence-electron chi connectivity index (χ3n) is 5.67. The number of aliphatic hydroxyl groups excluding tert-OH is 2. The minimum Gasteiger partial charge on any atom is -0.477 e. The number of carbonyl (C=O) groups is 2. The van der Waals surface area contributed by atoms with E-state index in [1.807, 2.05) is 28.4 Å². The second-order valence-electron chi connectivity index (χ2n) is 7.40. The maximum Gasteiger partial charge on any atom is 0.352 e. The predicted molar refractivity (Wildman–Crippen MR) is 108 cm³/mol. The summed E-state index contributed by atoms with van der Waals surface area (Å²) in [7, 11) is 0. The molecule has 0 spiro atoms. The molecule has 4 heterocycles. The molecule has 4 atom stereocenters. The van der Waals surface area contributed by atoms with Gasteiger partial charge in [0.25, 0.3) is 6.33 Å². The largest absolute Gasteiger partial charge is 0.477 e. The lowest BCUT2D eigenvalue weighted by atomic mass is 9.77. The van der Waals surface area contributed by atoms with E-state index in [4.69, 9.17) is 0 Å². The van der Waals surface area contributed by atoms with Crippen molar-refractivity contribution in [2.24, 2.45) is 11.8 Å². The SMILES string of the molecule is CCSc1c2sc(C3=C(C(=O)O)N4C(=O)[C@H]([C@@H](C)O)[C@H]4[C@H]3C)cn2c[n+]1CCO. The van der Waals surface area contributed by atoms with Crippen LogP contribution in [0.2, 0.25) is 0 Å². The average molecular weight is 439 g/mol. The van der Waals surface area contributed by atoms with Gasteiger partial charge in [0.05, 0.1) is 29.5 Å². The van der Waals surface area contributed by atoms with Crippen molar-refractivity contribution < 1.29 is 29.5 Å². The summed E-state index contributed by atoms with van der Waals surface area (Å²) >= 11 is 3.16. The molecule has 10 heteroatoms. The van der Waals surface area contributed by atoms with E-state index in [2.05, 4.69) is 6.92 Å². The van der Waals surface area contributed by atoms with Crippen LogP contribution in [-0.2, 0) is 16.1 Å². The number of carboxylic acids is 1. The number of thiazole rings is 1. The zero-order valence-corrected chi connectivity index (χ0v) is 18.0. The lowest BCUT2D eigenvalue weighted by Crippen LogP contribution is -2.63. The van der Waals surface area contributed by atoms with Crippen LogP contribution < -0.4 is 4.57 Å². The zero-order valence-electron chi connectivity index (χ0n) is 16.4. The number of carbonyl (C=O) groups excluding carboxylic acids is 1. The first kappa shape index (κ1) is 20.4. The van der Waals surface area contributed by atoms with E-state index in [1.165, 1.54) is 16.2 Å². The molecule has 0 aromatic carbocycles. The van der Waals surface area contributed by atoms with Crippen molar-refractivity contribution in [3.63, 3.8) is 0 Å². The second kappa shape index (κ2) is 7.42. The van der Waals surface area contributed by atoms with Gasteiger partial charge in [0.15, 0.2) is 0 Å². The van der Waals surface area contributed by atoms with Crippen LogP contribution in [0.1, 0.15) is 25.6 Å². The molecular formula is C19H24N3O5S2+. The first-order chi connectivity index (χ1) is 13.8. The molecule has 2 aromatic rings. The summed E-state index contributed by atoms with van der Waals surface area (Å²) in [5.74, 6) is -1.33. The van der Waals surface area contributed by atoms with E-state index in [1.54, 1.807) is 18.7 Å². The highest BCUT2D eigenvalue weighted by atomic mass is 32.2. The molecular weight excluding hydrogens is 414 g/mol. The highest BCUT2D eigenvalue weighted by Gasteiger charge is 2.60. The molecule has 1 amide bonds. The zero-order chi connectivity index (χ0) is 21.0. The Morgan fingerprint density at radius 2 is 2.17 bits per heavy atom. The van der Waals surface area contributed by atoms with Gasteiger partial charge in [-0.2, -0.15) is 4.40 Å². The fourth-order valence-electron chi connectivity index (χ4n) is 4.50. The molecule has 0 bridgehead atoms. The number of aromatic nitrogens is 2. The van der Waals surface area contributed by atoms with Gasteiger partial charge in [0, 0.05) is 11.5 Å². The van der Waals surface area contributed by atoms with Crippen LogP contribution in [0.25, 0.3) is 10.4 Å². The number of carboxylic acid groups (broad SMARTS) is 1. The van der Waals surface area contributed by atoms with Crippen LogP contribution in [-0.4, -0.2) is 61.0 Å². The number of fused-ring (bicyclic) bond motifs is 2. The van der Waals surface area contributed by atoms with Gasteiger partial charge in [-0.15, -0.1) is 0 Å². The van der Waals surface area contributed by atoms with Crippen molar-refractivity contribution in [1.82, 2.24) is 9.30 Å². The van der Waals surface area contributed by atoms with Crippen LogP contribution >= 0.6 is 23.1 Å². The Bertz CT molecular complexity index is 1020. The number of thioether (sulfide) groups is 1. The van der Waals surface area contributed by atoms with Gasteiger partial charge in [-0.1, -0.05) is 36.9 Å². The van der Waals surface area contributed by atoms with Gasteiger partial charge < -0.3 is 20.2 Å². The summed E-state index contributed by atoms with van der Waals surface area (Å²) < 4.78 is 3.95. The van der Waals surface area contributed by atoms with E-state index in [9.17, 15) is 24.9 Å². The maximum atomic E-state index is 12.5. The number of imidazole rings is 1. The summed E-state index contributed by atoms with van der Waals surface area (Å²) in [4.78, 5) is 27.7. The van der Waals surface area contributed by atoms with Crippen LogP contribution in [0.15, 0.2) is 23.2 Å². The summed E-state index contributed by atoms with van der Waals surface area (Å²) in [6.45, 7) is 6.09. The predicted octanol–water partition coefficient (Wildman–Crippen LogP) is 1.05. The Morgan fingerprint density at radius 3 is 2.76 bits per heavy atom. The van der Waals surface area contributed by atoms with E-state index in [0.717, 1.165) is 20.5 Å². The molecule has 29 heavy (non-hydrogen) atoms. The third-order valence-corrected chi connectivity index (χ3v) is 7.93. The van der Waals surface area contributed by atoms with Crippen molar-refractivity contribution in [3.8, 4) is 0 Å². The number of aliphatic carboxylic acids is 1. The lowest BCUT2D eigenvalue weighted by molar-refractivity contribution is -0.730. The fraction of sp³-hybridized carbons (Fsp3) is 0.526. The van der Waals surface area contributed by atoms with Gasteiger partial charge in [-0.3, -0.25) is 4.79 Å². The molecule has 2 aliphatic heterocycles. The number of β-lactam (4-membered cyclic amide) rings is 1. The monoisotopic (exact) mass is 438 g/mol. The topological polar surface area (TPSA) is 106 Å². The van der Waals surface area contributed by atoms with Gasteiger partial charge in [0.2, 0.25) is 15.8 Å². The molecule has 0 unspecified atom stereocenters. The van der Waals surface area contributed by atoms with Crippen molar-refractivity contribution >= 4 is 45.4 Å². The molecule has 0 saturated carbocycles. The molecule has 2 aromatic heterocycles. The van der Waals surface area contributed by atoms with Crippen LogP contribution in [0.3, 0.4) is 0 Å². The highest BCUT2D eigenvalue weighted by Crippen LogP contribution is 2.51. The normalized spacial score (nSPS) is 24.9.